The van der Waals surface area contributed by atoms with Gasteiger partial charge in [-0.2, -0.15) is 0 Å². The van der Waals surface area contributed by atoms with Crippen LogP contribution in [0, 0.1) is 0 Å². The topological polar surface area (TPSA) is 51.2 Å². The summed E-state index contributed by atoms with van der Waals surface area (Å²) in [5.74, 6) is 1.14. The third-order valence-corrected chi connectivity index (χ3v) is 3.25. The molecule has 1 aliphatic heterocycles. The van der Waals surface area contributed by atoms with E-state index in [1.165, 1.54) is 0 Å². The maximum atomic E-state index is 11.5. The average Bonchev–Trinajstić information content (AvgIpc) is 2.38. The van der Waals surface area contributed by atoms with Crippen LogP contribution in [0.4, 0.5) is 0 Å². The maximum absolute atomic E-state index is 11.5. The molecular formula is C12H26IN5O. The number of nitrogens with zero attached hydrogens (tertiary/aromatic N) is 4. The Hall–Kier alpha value is -0.570. The van der Waals surface area contributed by atoms with Crippen LogP contribution in [0.3, 0.4) is 0 Å². The van der Waals surface area contributed by atoms with E-state index in [-0.39, 0.29) is 29.9 Å². The van der Waals surface area contributed by atoms with Crippen LogP contribution in [0.2, 0.25) is 0 Å². The second kappa shape index (κ2) is 9.35. The van der Waals surface area contributed by atoms with Crippen LogP contribution >= 0.6 is 24.0 Å². The first kappa shape index (κ1) is 18.4. The Morgan fingerprint density at radius 1 is 1.26 bits per heavy atom. The molecule has 1 fully saturated rings. The fourth-order valence-corrected chi connectivity index (χ4v) is 2.07. The van der Waals surface area contributed by atoms with Crippen molar-refractivity contribution in [3.63, 3.8) is 0 Å². The van der Waals surface area contributed by atoms with Crippen molar-refractivity contribution >= 4 is 35.8 Å². The summed E-state index contributed by atoms with van der Waals surface area (Å²) in [6.07, 6.45) is 0.605. The molecular weight excluding hydrogens is 357 g/mol. The number of carbonyl (C=O) groups is 1. The highest BCUT2D eigenvalue weighted by molar-refractivity contribution is 14.0. The first-order chi connectivity index (χ1) is 8.58. The second-order valence-corrected chi connectivity index (χ2v) is 4.66. The van der Waals surface area contributed by atoms with Gasteiger partial charge in [0.1, 0.15) is 0 Å². The van der Waals surface area contributed by atoms with Crippen molar-refractivity contribution in [1.29, 1.82) is 0 Å². The van der Waals surface area contributed by atoms with E-state index < -0.39 is 0 Å². The first-order valence-corrected chi connectivity index (χ1v) is 6.40. The van der Waals surface area contributed by atoms with Gasteiger partial charge in [-0.3, -0.25) is 14.7 Å². The minimum atomic E-state index is 0. The fraction of sp³-hybridized carbons (Fsp3) is 0.833. The molecule has 1 heterocycles. The summed E-state index contributed by atoms with van der Waals surface area (Å²) >= 11 is 0. The number of rotatable bonds is 3. The van der Waals surface area contributed by atoms with Gasteiger partial charge in [-0.1, -0.05) is 0 Å². The molecule has 0 radical (unpaired) electrons. The quantitative estimate of drug-likeness (QED) is 0.421. The van der Waals surface area contributed by atoms with Crippen LogP contribution in [0.25, 0.3) is 0 Å². The number of piperazine rings is 1. The predicted molar refractivity (Wildman–Crippen MR) is 89.2 cm³/mol. The average molecular weight is 383 g/mol. The van der Waals surface area contributed by atoms with Gasteiger partial charge in [0.05, 0.1) is 0 Å². The Morgan fingerprint density at radius 3 is 2.26 bits per heavy atom. The molecule has 1 saturated heterocycles. The Morgan fingerprint density at radius 2 is 1.84 bits per heavy atom. The number of halogens is 1. The molecule has 0 aromatic rings. The summed E-state index contributed by atoms with van der Waals surface area (Å²) in [7, 11) is 7.30. The third kappa shape index (κ3) is 5.94. The lowest BCUT2D eigenvalue weighted by molar-refractivity contribution is -0.129. The van der Waals surface area contributed by atoms with Crippen molar-refractivity contribution in [3.8, 4) is 0 Å². The van der Waals surface area contributed by atoms with Gasteiger partial charge in [0.15, 0.2) is 5.96 Å². The molecule has 0 bridgehead atoms. The molecule has 112 valence electrons. The summed E-state index contributed by atoms with van der Waals surface area (Å²) in [6, 6.07) is 0. The van der Waals surface area contributed by atoms with Gasteiger partial charge in [-0.25, -0.2) is 0 Å². The molecule has 7 heteroatoms. The lowest BCUT2D eigenvalue weighted by atomic mass is 10.3. The minimum absolute atomic E-state index is 0. The summed E-state index contributed by atoms with van der Waals surface area (Å²) in [5, 5.41) is 3.10. The number of amides is 1. The summed E-state index contributed by atoms with van der Waals surface area (Å²) < 4.78 is 0. The standard InChI is InChI=1S/C12H25N5O.HI/c1-13-12(14-2)17-9-7-16(8-10-17)6-5-11(18)15(3)4;/h5-10H2,1-4H3,(H,13,14);1H. The van der Waals surface area contributed by atoms with Crippen molar-refractivity contribution in [2.75, 3.05) is 60.9 Å². The number of nitrogens with one attached hydrogen (secondary N) is 1. The summed E-state index contributed by atoms with van der Waals surface area (Å²) in [4.78, 5) is 21.9. The number of aliphatic imine (C=N–C) groups is 1. The third-order valence-electron chi connectivity index (χ3n) is 3.25. The largest absolute Gasteiger partial charge is 0.359 e. The van der Waals surface area contributed by atoms with E-state index in [9.17, 15) is 4.79 Å². The molecule has 0 aromatic heterocycles. The van der Waals surface area contributed by atoms with Crippen molar-refractivity contribution in [1.82, 2.24) is 20.0 Å². The van der Waals surface area contributed by atoms with E-state index in [2.05, 4.69) is 20.1 Å². The zero-order valence-corrected chi connectivity index (χ0v) is 14.7. The van der Waals surface area contributed by atoms with Crippen molar-refractivity contribution in [3.05, 3.63) is 0 Å². The highest BCUT2D eigenvalue weighted by Gasteiger charge is 2.19. The monoisotopic (exact) mass is 383 g/mol. The summed E-state index contributed by atoms with van der Waals surface area (Å²) in [5.41, 5.74) is 0. The van der Waals surface area contributed by atoms with Crippen LogP contribution in [-0.4, -0.2) is 87.5 Å². The molecule has 1 rings (SSSR count). The number of guanidine groups is 1. The number of carbonyl (C=O) groups excluding carboxylic acids is 1. The van der Waals surface area contributed by atoms with Crippen LogP contribution in [0.1, 0.15) is 6.42 Å². The van der Waals surface area contributed by atoms with E-state index in [0.29, 0.717) is 6.42 Å². The van der Waals surface area contributed by atoms with Gasteiger partial charge in [0.25, 0.3) is 0 Å². The Bertz CT molecular complexity index is 300. The second-order valence-electron chi connectivity index (χ2n) is 4.66. The molecule has 1 aliphatic rings. The van der Waals surface area contributed by atoms with Gasteiger partial charge in [-0.05, 0) is 0 Å². The van der Waals surface area contributed by atoms with Crippen LogP contribution in [0.15, 0.2) is 4.99 Å². The van der Waals surface area contributed by atoms with Gasteiger partial charge in [-0.15, -0.1) is 24.0 Å². The lowest BCUT2D eigenvalue weighted by Gasteiger charge is -2.36. The first-order valence-electron chi connectivity index (χ1n) is 6.40. The van der Waals surface area contributed by atoms with E-state index >= 15 is 0 Å². The molecule has 0 spiro atoms. The van der Waals surface area contributed by atoms with Crippen molar-refractivity contribution < 1.29 is 4.79 Å². The van der Waals surface area contributed by atoms with Crippen LogP contribution in [-0.2, 0) is 4.79 Å². The van der Waals surface area contributed by atoms with Crippen molar-refractivity contribution in [2.45, 2.75) is 6.42 Å². The smallest absolute Gasteiger partial charge is 0.223 e. The summed E-state index contributed by atoms with van der Waals surface area (Å²) in [6.45, 7) is 4.75. The normalized spacial score (nSPS) is 16.8. The molecule has 0 aliphatic carbocycles. The van der Waals surface area contributed by atoms with E-state index in [0.717, 1.165) is 38.7 Å². The van der Waals surface area contributed by atoms with Gasteiger partial charge in [0, 0.05) is 67.3 Å². The molecule has 0 aromatic carbocycles. The zero-order valence-electron chi connectivity index (χ0n) is 12.3. The molecule has 0 atom stereocenters. The zero-order chi connectivity index (χ0) is 13.5. The highest BCUT2D eigenvalue weighted by Crippen LogP contribution is 2.03. The van der Waals surface area contributed by atoms with Gasteiger partial charge >= 0.3 is 0 Å². The predicted octanol–water partition coefficient (Wildman–Crippen LogP) is -0.0945. The SMILES string of the molecule is CN=C(NC)N1CCN(CCC(=O)N(C)C)CC1.I. The van der Waals surface area contributed by atoms with Crippen molar-refractivity contribution in [2.24, 2.45) is 4.99 Å². The maximum Gasteiger partial charge on any atom is 0.223 e. The molecule has 19 heavy (non-hydrogen) atoms. The van der Waals surface area contributed by atoms with E-state index in [1.807, 2.05) is 7.05 Å². The molecule has 0 saturated carbocycles. The Kier molecular flexibility index (Phi) is 9.07. The number of hydrogen-bond acceptors (Lipinski definition) is 3. The Balaban J connectivity index is 0.00000324. The molecule has 1 amide bonds. The molecule has 0 unspecified atom stereocenters. The van der Waals surface area contributed by atoms with Gasteiger partial charge < -0.3 is 15.1 Å². The van der Waals surface area contributed by atoms with Crippen LogP contribution in [0.5, 0.6) is 0 Å². The Labute approximate surface area is 133 Å². The van der Waals surface area contributed by atoms with E-state index in [1.54, 1.807) is 26.0 Å². The molecule has 1 N–H and O–H groups in total. The van der Waals surface area contributed by atoms with Gasteiger partial charge in [0.2, 0.25) is 5.91 Å². The van der Waals surface area contributed by atoms with Crippen LogP contribution < -0.4 is 5.32 Å². The minimum Gasteiger partial charge on any atom is -0.359 e. The fourth-order valence-electron chi connectivity index (χ4n) is 2.07. The van der Waals surface area contributed by atoms with E-state index in [4.69, 9.17) is 0 Å². The highest BCUT2D eigenvalue weighted by atomic mass is 127. The number of hydrogen-bond donors (Lipinski definition) is 1. The lowest BCUT2D eigenvalue weighted by Crippen LogP contribution is -2.52. The molecule has 6 nitrogen and oxygen atoms in total.